The predicted molar refractivity (Wildman–Crippen MR) is 64.0 cm³/mol. The molecule has 2 atom stereocenters. The molecule has 84 valence electrons. The summed E-state index contributed by atoms with van der Waals surface area (Å²) in [6.07, 6.45) is -1.02. The molecule has 0 bridgehead atoms. The summed E-state index contributed by atoms with van der Waals surface area (Å²) in [5.41, 5.74) is 7.20. The van der Waals surface area contributed by atoms with E-state index >= 15 is 0 Å². The molecule has 0 spiro atoms. The van der Waals surface area contributed by atoms with E-state index in [9.17, 15) is 10.2 Å². The van der Waals surface area contributed by atoms with Crippen LogP contribution in [-0.2, 0) is 6.42 Å². The number of hydrogen-bond acceptors (Lipinski definition) is 4. The third-order valence-electron chi connectivity index (χ3n) is 2.34. The van der Waals surface area contributed by atoms with Crippen LogP contribution in [0.4, 0.5) is 0 Å². The van der Waals surface area contributed by atoms with Crippen molar-refractivity contribution in [2.45, 2.75) is 18.6 Å². The van der Waals surface area contributed by atoms with Crippen LogP contribution in [0.1, 0.15) is 17.2 Å². The number of aliphatic hydroxyl groups is 2. The van der Waals surface area contributed by atoms with Gasteiger partial charge in [-0.1, -0.05) is 24.3 Å². The molecule has 1 aromatic rings. The van der Waals surface area contributed by atoms with Crippen molar-refractivity contribution in [1.29, 1.82) is 0 Å². The van der Waals surface area contributed by atoms with Gasteiger partial charge in [-0.15, -0.1) is 0 Å². The number of aliphatic hydroxyl groups excluding tert-OH is 2. The standard InChI is InChI=1S/C11H17NO2S/c12-6-5-8-3-1-2-4-9(8)11(14)10(13)7-15/h1-4,10-11,13-15H,5-7,12H2. The summed E-state index contributed by atoms with van der Waals surface area (Å²) in [4.78, 5) is 0. The second kappa shape index (κ2) is 6.12. The lowest BCUT2D eigenvalue weighted by Crippen LogP contribution is -2.21. The van der Waals surface area contributed by atoms with Crippen molar-refractivity contribution in [3.05, 3.63) is 35.4 Å². The van der Waals surface area contributed by atoms with E-state index in [-0.39, 0.29) is 5.75 Å². The van der Waals surface area contributed by atoms with Gasteiger partial charge in [-0.3, -0.25) is 0 Å². The molecule has 0 aliphatic heterocycles. The first-order valence-electron chi connectivity index (χ1n) is 4.95. The number of hydrogen-bond donors (Lipinski definition) is 4. The van der Waals surface area contributed by atoms with E-state index in [1.54, 1.807) is 0 Å². The van der Waals surface area contributed by atoms with Crippen LogP contribution in [0, 0.1) is 0 Å². The molecule has 15 heavy (non-hydrogen) atoms. The van der Waals surface area contributed by atoms with Gasteiger partial charge in [0, 0.05) is 5.75 Å². The number of thiol groups is 1. The topological polar surface area (TPSA) is 66.5 Å². The molecular weight excluding hydrogens is 210 g/mol. The SMILES string of the molecule is NCCc1ccccc1C(O)C(O)CS. The van der Waals surface area contributed by atoms with E-state index < -0.39 is 12.2 Å². The molecular formula is C11H17NO2S. The van der Waals surface area contributed by atoms with Crippen LogP contribution in [0.2, 0.25) is 0 Å². The Balaban J connectivity index is 2.91. The molecule has 0 fully saturated rings. The van der Waals surface area contributed by atoms with Crippen molar-refractivity contribution in [3.8, 4) is 0 Å². The lowest BCUT2D eigenvalue weighted by molar-refractivity contribution is 0.0332. The maximum absolute atomic E-state index is 9.86. The predicted octanol–water partition coefficient (Wildman–Crippen LogP) is 0.512. The first-order valence-corrected chi connectivity index (χ1v) is 5.58. The zero-order chi connectivity index (χ0) is 11.3. The van der Waals surface area contributed by atoms with E-state index in [2.05, 4.69) is 12.6 Å². The highest BCUT2D eigenvalue weighted by atomic mass is 32.1. The Morgan fingerprint density at radius 2 is 1.93 bits per heavy atom. The van der Waals surface area contributed by atoms with E-state index in [0.717, 1.165) is 11.1 Å². The summed E-state index contributed by atoms with van der Waals surface area (Å²) >= 11 is 3.96. The quantitative estimate of drug-likeness (QED) is 0.554. The van der Waals surface area contributed by atoms with Gasteiger partial charge in [0.1, 0.15) is 6.10 Å². The van der Waals surface area contributed by atoms with Crippen molar-refractivity contribution in [1.82, 2.24) is 0 Å². The molecule has 0 aliphatic rings. The highest BCUT2D eigenvalue weighted by Gasteiger charge is 2.18. The van der Waals surface area contributed by atoms with Crippen molar-refractivity contribution < 1.29 is 10.2 Å². The summed E-state index contributed by atoms with van der Waals surface area (Å²) in [5, 5.41) is 19.4. The van der Waals surface area contributed by atoms with Gasteiger partial charge >= 0.3 is 0 Å². The van der Waals surface area contributed by atoms with Crippen molar-refractivity contribution in [2.24, 2.45) is 5.73 Å². The highest BCUT2D eigenvalue weighted by molar-refractivity contribution is 7.80. The average Bonchev–Trinajstić information content (AvgIpc) is 2.28. The molecule has 0 aliphatic carbocycles. The minimum Gasteiger partial charge on any atom is -0.389 e. The summed E-state index contributed by atoms with van der Waals surface area (Å²) in [7, 11) is 0. The van der Waals surface area contributed by atoms with Crippen LogP contribution >= 0.6 is 12.6 Å². The molecule has 0 amide bonds. The maximum Gasteiger partial charge on any atom is 0.106 e. The lowest BCUT2D eigenvalue weighted by Gasteiger charge is -2.19. The summed E-state index contributed by atoms with van der Waals surface area (Å²) in [5.74, 6) is 0.234. The Kier molecular flexibility index (Phi) is 5.11. The van der Waals surface area contributed by atoms with Crippen LogP contribution in [0.25, 0.3) is 0 Å². The Bertz CT molecular complexity index is 306. The molecule has 4 N–H and O–H groups in total. The van der Waals surface area contributed by atoms with Crippen LogP contribution in [-0.4, -0.2) is 28.6 Å². The van der Waals surface area contributed by atoms with Crippen molar-refractivity contribution >= 4 is 12.6 Å². The van der Waals surface area contributed by atoms with Crippen LogP contribution in [0.15, 0.2) is 24.3 Å². The molecule has 0 aromatic heterocycles. The fourth-order valence-corrected chi connectivity index (χ4v) is 1.71. The van der Waals surface area contributed by atoms with Gasteiger partial charge in [0.25, 0.3) is 0 Å². The van der Waals surface area contributed by atoms with Crippen LogP contribution < -0.4 is 5.73 Å². The molecule has 0 saturated heterocycles. The Hall–Kier alpha value is -0.550. The van der Waals surface area contributed by atoms with E-state index in [0.29, 0.717) is 13.0 Å². The smallest absolute Gasteiger partial charge is 0.106 e. The normalized spacial score (nSPS) is 14.9. The average molecular weight is 227 g/mol. The Morgan fingerprint density at radius 3 is 2.53 bits per heavy atom. The van der Waals surface area contributed by atoms with Crippen LogP contribution in [0.3, 0.4) is 0 Å². The molecule has 0 radical (unpaired) electrons. The summed E-state index contributed by atoms with van der Waals surface area (Å²) in [6, 6.07) is 7.46. The Morgan fingerprint density at radius 1 is 1.27 bits per heavy atom. The largest absolute Gasteiger partial charge is 0.389 e. The van der Waals surface area contributed by atoms with E-state index in [4.69, 9.17) is 5.73 Å². The lowest BCUT2D eigenvalue weighted by atomic mass is 9.97. The number of rotatable bonds is 5. The van der Waals surface area contributed by atoms with Gasteiger partial charge in [0.15, 0.2) is 0 Å². The third-order valence-corrected chi connectivity index (χ3v) is 2.71. The van der Waals surface area contributed by atoms with Gasteiger partial charge in [-0.05, 0) is 24.1 Å². The molecule has 2 unspecified atom stereocenters. The van der Waals surface area contributed by atoms with E-state index in [1.165, 1.54) is 0 Å². The zero-order valence-electron chi connectivity index (χ0n) is 8.50. The van der Waals surface area contributed by atoms with Crippen LogP contribution in [0.5, 0.6) is 0 Å². The third kappa shape index (κ3) is 3.21. The van der Waals surface area contributed by atoms with E-state index in [1.807, 2.05) is 24.3 Å². The maximum atomic E-state index is 9.86. The molecule has 0 heterocycles. The minimum atomic E-state index is -0.884. The second-order valence-corrected chi connectivity index (χ2v) is 3.80. The molecule has 0 saturated carbocycles. The minimum absolute atomic E-state index is 0.234. The number of nitrogens with two attached hydrogens (primary N) is 1. The van der Waals surface area contributed by atoms with Gasteiger partial charge in [0.2, 0.25) is 0 Å². The van der Waals surface area contributed by atoms with Crippen molar-refractivity contribution in [3.63, 3.8) is 0 Å². The van der Waals surface area contributed by atoms with Gasteiger partial charge in [-0.2, -0.15) is 12.6 Å². The monoisotopic (exact) mass is 227 g/mol. The summed E-state index contributed by atoms with van der Waals surface area (Å²) in [6.45, 7) is 0.528. The van der Waals surface area contributed by atoms with Crippen molar-refractivity contribution in [2.75, 3.05) is 12.3 Å². The molecule has 4 heteroatoms. The number of benzene rings is 1. The van der Waals surface area contributed by atoms with Gasteiger partial charge < -0.3 is 15.9 Å². The van der Waals surface area contributed by atoms with Gasteiger partial charge in [-0.25, -0.2) is 0 Å². The molecule has 3 nitrogen and oxygen atoms in total. The molecule has 1 aromatic carbocycles. The molecule has 1 rings (SSSR count). The van der Waals surface area contributed by atoms with Gasteiger partial charge in [0.05, 0.1) is 6.10 Å². The first kappa shape index (κ1) is 12.5. The fourth-order valence-electron chi connectivity index (χ4n) is 1.51. The summed E-state index contributed by atoms with van der Waals surface area (Å²) < 4.78 is 0. The fraction of sp³-hybridized carbons (Fsp3) is 0.455. The second-order valence-electron chi connectivity index (χ2n) is 3.43. The highest BCUT2D eigenvalue weighted by Crippen LogP contribution is 2.21. The Labute approximate surface area is 95.3 Å². The zero-order valence-corrected chi connectivity index (χ0v) is 9.40. The first-order chi connectivity index (χ1) is 7.20.